The third kappa shape index (κ3) is 3.62. The Morgan fingerprint density at radius 3 is 2.56 bits per heavy atom. The van der Waals surface area contributed by atoms with Gasteiger partial charge in [0.1, 0.15) is 22.7 Å². The van der Waals surface area contributed by atoms with Crippen LogP contribution in [0.1, 0.15) is 24.5 Å². The molecule has 0 bridgehead atoms. The van der Waals surface area contributed by atoms with Gasteiger partial charge in [-0.05, 0) is 49.1 Å². The second-order valence-electron chi connectivity index (χ2n) is 9.27. The van der Waals surface area contributed by atoms with Crippen molar-refractivity contribution in [3.8, 4) is 28.3 Å². The van der Waals surface area contributed by atoms with Crippen LogP contribution in [0.2, 0.25) is 0 Å². The summed E-state index contributed by atoms with van der Waals surface area (Å²) < 4.78 is 5.76. The Kier molecular flexibility index (Phi) is 5.46. The molecule has 6 rings (SSSR count). The number of likely N-dealkylation sites (N-methyl/N-ethyl adjacent to an activating group) is 1. The number of aromatic nitrogens is 3. The number of H-pyrrole nitrogens is 1. The first-order chi connectivity index (χ1) is 16.7. The Labute approximate surface area is 200 Å². The van der Waals surface area contributed by atoms with Crippen molar-refractivity contribution in [1.82, 2.24) is 20.1 Å². The van der Waals surface area contributed by atoms with Crippen molar-refractivity contribution in [1.29, 1.82) is 0 Å². The smallest absolute Gasteiger partial charge is 0.147 e. The fourth-order valence-electron chi connectivity index (χ4n) is 5.47. The molecule has 4 aromatic rings. The highest BCUT2D eigenvalue weighted by atomic mass is 16.5. The van der Waals surface area contributed by atoms with E-state index in [9.17, 15) is 0 Å². The maximum atomic E-state index is 5.76. The fraction of sp³-hybridized carbons (Fsp3) is 0.357. The molecule has 0 amide bonds. The SMILES string of the molecule is CCN1CCN(c2ccc(-c3n[nH]c4cc(OC)c(-c5cccc6c5CCC6)nc34)cc2)CC1. The molecule has 0 radical (unpaired) electrons. The van der Waals surface area contributed by atoms with E-state index in [0.29, 0.717) is 0 Å². The summed E-state index contributed by atoms with van der Waals surface area (Å²) in [7, 11) is 1.71. The monoisotopic (exact) mass is 453 g/mol. The van der Waals surface area contributed by atoms with Crippen LogP contribution in [0.25, 0.3) is 33.5 Å². The van der Waals surface area contributed by atoms with Crippen molar-refractivity contribution in [3.63, 3.8) is 0 Å². The van der Waals surface area contributed by atoms with Crippen LogP contribution in [0.5, 0.6) is 5.75 Å². The maximum absolute atomic E-state index is 5.76. The van der Waals surface area contributed by atoms with Gasteiger partial charge in [-0.15, -0.1) is 0 Å². The van der Waals surface area contributed by atoms with E-state index in [2.05, 4.69) is 69.4 Å². The number of hydrogen-bond donors (Lipinski definition) is 1. The topological polar surface area (TPSA) is 57.3 Å². The minimum atomic E-state index is 0.782. The maximum Gasteiger partial charge on any atom is 0.147 e. The molecular formula is C28H31N5O. The Hall–Kier alpha value is -3.38. The lowest BCUT2D eigenvalue weighted by Crippen LogP contribution is -2.46. The number of rotatable bonds is 5. The highest BCUT2D eigenvalue weighted by Crippen LogP contribution is 2.39. The van der Waals surface area contributed by atoms with Crippen LogP contribution in [0, 0.1) is 0 Å². The van der Waals surface area contributed by atoms with Gasteiger partial charge >= 0.3 is 0 Å². The molecule has 0 atom stereocenters. The second-order valence-corrected chi connectivity index (χ2v) is 9.27. The molecule has 3 heterocycles. The van der Waals surface area contributed by atoms with E-state index in [4.69, 9.17) is 9.72 Å². The van der Waals surface area contributed by atoms with Gasteiger partial charge in [0.2, 0.25) is 0 Å². The van der Waals surface area contributed by atoms with Gasteiger partial charge in [0, 0.05) is 49.1 Å². The van der Waals surface area contributed by atoms with E-state index in [1.165, 1.54) is 28.8 Å². The summed E-state index contributed by atoms with van der Waals surface area (Å²) in [5.41, 5.74) is 9.94. The molecule has 1 N–H and O–H groups in total. The number of nitrogens with one attached hydrogen (secondary N) is 1. The first-order valence-electron chi connectivity index (χ1n) is 12.4. The van der Waals surface area contributed by atoms with Crippen molar-refractivity contribution < 1.29 is 4.74 Å². The number of piperazine rings is 1. The molecule has 2 aromatic heterocycles. The summed E-state index contributed by atoms with van der Waals surface area (Å²) in [6.07, 6.45) is 3.44. The second kappa shape index (κ2) is 8.76. The lowest BCUT2D eigenvalue weighted by Gasteiger charge is -2.35. The number of ether oxygens (including phenoxy) is 1. The van der Waals surface area contributed by atoms with Crippen LogP contribution in [-0.2, 0) is 12.8 Å². The summed E-state index contributed by atoms with van der Waals surface area (Å²) in [5, 5.41) is 7.82. The number of benzene rings is 2. The highest BCUT2D eigenvalue weighted by Gasteiger charge is 2.22. The van der Waals surface area contributed by atoms with Crippen molar-refractivity contribution in [3.05, 3.63) is 59.7 Å². The number of nitrogens with zero attached hydrogens (tertiary/aromatic N) is 4. The van der Waals surface area contributed by atoms with E-state index in [1.54, 1.807) is 7.11 Å². The standard InChI is InChI=1S/C28H31N5O/c1-3-32-14-16-33(17-15-32)21-12-10-20(11-13-21)26-28-24(30-31-26)18-25(34-2)27(29-28)23-9-5-7-19-6-4-8-22(19)23/h5,7,9-13,18H,3-4,6,8,14-17H2,1-2H3,(H,30,31). The van der Waals surface area contributed by atoms with Crippen LogP contribution in [0.3, 0.4) is 0 Å². The van der Waals surface area contributed by atoms with E-state index in [0.717, 1.165) is 79.3 Å². The van der Waals surface area contributed by atoms with Crippen LogP contribution in [0.15, 0.2) is 48.5 Å². The minimum Gasteiger partial charge on any atom is -0.494 e. The van der Waals surface area contributed by atoms with Gasteiger partial charge in [0.05, 0.1) is 12.6 Å². The predicted molar refractivity (Wildman–Crippen MR) is 138 cm³/mol. The predicted octanol–water partition coefficient (Wildman–Crippen LogP) is 4.93. The van der Waals surface area contributed by atoms with Gasteiger partial charge in [0.15, 0.2) is 0 Å². The number of methoxy groups -OCH3 is 1. The van der Waals surface area contributed by atoms with E-state index < -0.39 is 0 Å². The largest absolute Gasteiger partial charge is 0.494 e. The van der Waals surface area contributed by atoms with Gasteiger partial charge in [-0.2, -0.15) is 5.10 Å². The minimum absolute atomic E-state index is 0.782. The molecule has 1 saturated heterocycles. The van der Waals surface area contributed by atoms with Crippen LogP contribution >= 0.6 is 0 Å². The quantitative estimate of drug-likeness (QED) is 0.464. The van der Waals surface area contributed by atoms with E-state index >= 15 is 0 Å². The number of anilines is 1. The molecule has 0 spiro atoms. The van der Waals surface area contributed by atoms with Gasteiger partial charge < -0.3 is 14.5 Å². The van der Waals surface area contributed by atoms with E-state index in [1.807, 2.05) is 6.07 Å². The number of hydrogen-bond acceptors (Lipinski definition) is 5. The lowest BCUT2D eigenvalue weighted by atomic mass is 9.99. The average Bonchev–Trinajstić information content (AvgIpc) is 3.55. The zero-order valence-electron chi connectivity index (χ0n) is 20.0. The molecular weight excluding hydrogens is 422 g/mol. The van der Waals surface area contributed by atoms with Crippen molar-refractivity contribution >= 4 is 16.7 Å². The number of pyridine rings is 1. The van der Waals surface area contributed by atoms with Crippen molar-refractivity contribution in [2.75, 3.05) is 44.7 Å². The highest BCUT2D eigenvalue weighted by molar-refractivity contribution is 5.93. The molecule has 1 aliphatic heterocycles. The van der Waals surface area contributed by atoms with Crippen LogP contribution < -0.4 is 9.64 Å². The lowest BCUT2D eigenvalue weighted by molar-refractivity contribution is 0.271. The third-order valence-electron chi connectivity index (χ3n) is 7.45. The number of aryl methyl sites for hydroxylation is 1. The first kappa shape index (κ1) is 21.2. The van der Waals surface area contributed by atoms with E-state index in [-0.39, 0.29) is 0 Å². The summed E-state index contributed by atoms with van der Waals surface area (Å²) in [4.78, 5) is 10.1. The molecule has 1 aliphatic carbocycles. The third-order valence-corrected chi connectivity index (χ3v) is 7.45. The Balaban J connectivity index is 1.36. The van der Waals surface area contributed by atoms with Gasteiger partial charge in [-0.1, -0.05) is 37.3 Å². The molecule has 1 fully saturated rings. The van der Waals surface area contributed by atoms with Crippen molar-refractivity contribution in [2.24, 2.45) is 0 Å². The Morgan fingerprint density at radius 2 is 1.79 bits per heavy atom. The molecule has 174 valence electrons. The molecule has 0 saturated carbocycles. The summed E-state index contributed by atoms with van der Waals surface area (Å²) in [6, 6.07) is 17.4. The molecule has 6 nitrogen and oxygen atoms in total. The zero-order valence-corrected chi connectivity index (χ0v) is 20.0. The summed E-state index contributed by atoms with van der Waals surface area (Å²) in [6.45, 7) is 7.76. The molecule has 6 heteroatoms. The van der Waals surface area contributed by atoms with Gasteiger partial charge in [-0.25, -0.2) is 4.98 Å². The Morgan fingerprint density at radius 1 is 0.971 bits per heavy atom. The fourth-order valence-corrected chi connectivity index (χ4v) is 5.47. The normalized spacial score (nSPS) is 16.2. The van der Waals surface area contributed by atoms with Gasteiger partial charge in [0.25, 0.3) is 0 Å². The average molecular weight is 454 g/mol. The summed E-state index contributed by atoms with van der Waals surface area (Å²) >= 11 is 0. The summed E-state index contributed by atoms with van der Waals surface area (Å²) in [5.74, 6) is 0.782. The number of fused-ring (bicyclic) bond motifs is 2. The van der Waals surface area contributed by atoms with Crippen molar-refractivity contribution in [2.45, 2.75) is 26.2 Å². The van der Waals surface area contributed by atoms with Crippen LogP contribution in [0.4, 0.5) is 5.69 Å². The number of aromatic amines is 1. The molecule has 0 unspecified atom stereocenters. The van der Waals surface area contributed by atoms with Crippen LogP contribution in [-0.4, -0.2) is 59.9 Å². The zero-order chi connectivity index (χ0) is 23.1. The molecule has 2 aromatic carbocycles. The molecule has 34 heavy (non-hydrogen) atoms. The Bertz CT molecular complexity index is 1320. The van der Waals surface area contributed by atoms with Gasteiger partial charge in [-0.3, -0.25) is 5.10 Å². The molecule has 2 aliphatic rings. The first-order valence-corrected chi connectivity index (χ1v) is 12.4.